The zero-order valence-electron chi connectivity index (χ0n) is 36.0. The lowest BCUT2D eigenvalue weighted by atomic mass is 10.1. The van der Waals surface area contributed by atoms with Crippen LogP contribution < -0.4 is 33.3 Å². The van der Waals surface area contributed by atoms with Gasteiger partial charge in [0.1, 0.15) is 11.6 Å². The minimum atomic E-state index is -4.02. The minimum Gasteiger partial charge on any atom is -0.383 e. The van der Waals surface area contributed by atoms with Gasteiger partial charge in [0.05, 0.1) is 9.79 Å². The van der Waals surface area contributed by atoms with Crippen LogP contribution in [0.2, 0.25) is 0 Å². The van der Waals surface area contributed by atoms with Gasteiger partial charge in [-0.2, -0.15) is 26.8 Å². The lowest BCUT2D eigenvalue weighted by molar-refractivity contribution is -0.111. The van der Waals surface area contributed by atoms with E-state index in [-0.39, 0.29) is 44.5 Å². The van der Waals surface area contributed by atoms with E-state index in [9.17, 15) is 26.4 Å². The summed E-state index contributed by atoms with van der Waals surface area (Å²) in [5.41, 5.74) is 19.5. The Morgan fingerprint density at radius 1 is 0.591 bits per heavy atom. The molecule has 2 aromatic heterocycles. The van der Waals surface area contributed by atoms with Crippen molar-refractivity contribution < 1.29 is 35.5 Å². The summed E-state index contributed by atoms with van der Waals surface area (Å²) in [4.78, 5) is 33.2. The topological polar surface area (TPSA) is 302 Å². The number of rotatable bonds is 9. The Balaban J connectivity index is 0.000000301. The molecule has 0 unspecified atom stereocenters. The van der Waals surface area contributed by atoms with E-state index < -0.39 is 20.2 Å². The molecule has 2 heterocycles. The molecule has 0 spiro atoms. The second-order valence-corrected chi connectivity index (χ2v) is 17.4. The fourth-order valence-corrected chi connectivity index (χ4v) is 6.74. The van der Waals surface area contributed by atoms with Gasteiger partial charge in [-0.05, 0) is 97.3 Å². The van der Waals surface area contributed by atoms with Crippen LogP contribution in [0.4, 0.5) is 23.0 Å². The molecular weight excluding hydrogens is 885 g/mol. The maximum atomic E-state index is 12.8. The van der Waals surface area contributed by atoms with Crippen LogP contribution in [0, 0.1) is 24.7 Å². The van der Waals surface area contributed by atoms with Crippen LogP contribution in [0.1, 0.15) is 27.0 Å². The van der Waals surface area contributed by atoms with Crippen molar-refractivity contribution in [3.8, 4) is 22.3 Å². The van der Waals surface area contributed by atoms with Crippen molar-refractivity contribution in [2.24, 2.45) is 14.1 Å². The number of amides is 2. The average molecular weight is 931 g/mol. The number of nitrogens with two attached hydrogens (primary N) is 2. The molecule has 0 fully saturated rings. The number of nitrogen functional groups attached to an aromatic ring is 2. The quantitative estimate of drug-likeness (QED) is 0.0611. The first-order valence-corrected chi connectivity index (χ1v) is 22.4. The lowest BCUT2D eigenvalue weighted by Gasteiger charge is -2.10. The Kier molecular flexibility index (Phi) is 15.7. The van der Waals surface area contributed by atoms with E-state index in [1.165, 1.54) is 30.3 Å². The van der Waals surface area contributed by atoms with E-state index >= 15 is 0 Å². The Labute approximate surface area is 380 Å². The van der Waals surface area contributed by atoms with Gasteiger partial charge in [0.2, 0.25) is 17.1 Å². The Hall–Kier alpha value is -8.04. The first-order chi connectivity index (χ1) is 31.1. The molecule has 20 heteroatoms. The van der Waals surface area contributed by atoms with Crippen molar-refractivity contribution in [1.82, 2.24) is 19.1 Å². The number of carbonyl (C=O) groups is 2. The van der Waals surface area contributed by atoms with Gasteiger partial charge < -0.3 is 31.2 Å². The lowest BCUT2D eigenvalue weighted by Crippen LogP contribution is -2.21. The van der Waals surface area contributed by atoms with E-state index in [2.05, 4.69) is 20.6 Å². The van der Waals surface area contributed by atoms with Crippen molar-refractivity contribution >= 4 is 61.1 Å². The summed E-state index contributed by atoms with van der Waals surface area (Å²) in [5, 5.41) is 21.2. The largest absolute Gasteiger partial charge is 0.383 e. The molecule has 0 aliphatic carbocycles. The third-order valence-electron chi connectivity index (χ3n) is 9.47. The highest BCUT2D eigenvalue weighted by Crippen LogP contribution is 2.26. The Morgan fingerprint density at radius 2 is 0.970 bits per heavy atom. The SMILES string of the molecule is Cc1ccc(S(=O)(=O)O)cc1.Cc1ccc(S(=O)(=O)O)cc1.Cn1cc(-c2ccc(NC(=O)/C=C/c3ccc(C(=O)Nc4ccc(-c5cn(C)c(=N)nc5N)cc4)cc3)cc2)c(N)nc1=N. The molecule has 0 saturated heterocycles. The van der Waals surface area contributed by atoms with Crippen LogP contribution in [-0.2, 0) is 39.1 Å². The number of aryl methyl sites for hydroxylation is 4. The van der Waals surface area contributed by atoms with E-state index in [1.807, 2.05) is 38.1 Å². The smallest absolute Gasteiger partial charge is 0.294 e. The van der Waals surface area contributed by atoms with Crippen LogP contribution in [0.15, 0.2) is 150 Å². The van der Waals surface area contributed by atoms with Crippen LogP contribution in [-0.4, -0.2) is 56.9 Å². The van der Waals surface area contributed by atoms with Crippen LogP contribution >= 0.6 is 0 Å². The minimum absolute atomic E-state index is 0.0646. The summed E-state index contributed by atoms with van der Waals surface area (Å²) in [5.74, 6) is -0.0622. The summed E-state index contributed by atoms with van der Waals surface area (Å²) in [7, 11) is -4.59. The second-order valence-electron chi connectivity index (χ2n) is 14.6. The number of anilines is 4. The van der Waals surface area contributed by atoms with Crippen LogP contribution in [0.5, 0.6) is 0 Å². The molecule has 0 aliphatic heterocycles. The van der Waals surface area contributed by atoms with E-state index in [1.54, 1.807) is 114 Å². The maximum absolute atomic E-state index is 12.8. The van der Waals surface area contributed by atoms with E-state index in [4.69, 9.17) is 31.4 Å². The Bertz CT molecular complexity index is 3170. The molecule has 5 aromatic carbocycles. The fourth-order valence-electron chi connectivity index (χ4n) is 5.78. The number of nitrogens with zero attached hydrogens (tertiary/aromatic N) is 4. The number of hydrogen-bond acceptors (Lipinski definition) is 12. The van der Waals surface area contributed by atoms with E-state index in [0.29, 0.717) is 28.1 Å². The summed E-state index contributed by atoms with van der Waals surface area (Å²) in [6.07, 6.45) is 6.56. The van der Waals surface area contributed by atoms with Crippen molar-refractivity contribution in [3.63, 3.8) is 0 Å². The molecule has 10 N–H and O–H groups in total. The van der Waals surface area contributed by atoms with Gasteiger partial charge >= 0.3 is 0 Å². The summed E-state index contributed by atoms with van der Waals surface area (Å²) < 4.78 is 62.2. The molecule has 340 valence electrons. The van der Waals surface area contributed by atoms with Crippen LogP contribution in [0.25, 0.3) is 28.3 Å². The molecule has 7 rings (SSSR count). The number of carbonyl (C=O) groups excluding carboxylic acids is 2. The molecule has 18 nitrogen and oxygen atoms in total. The van der Waals surface area contributed by atoms with Gasteiger partial charge in [-0.15, -0.1) is 0 Å². The number of hydrogen-bond donors (Lipinski definition) is 8. The van der Waals surface area contributed by atoms with E-state index in [0.717, 1.165) is 27.8 Å². The molecule has 2 amide bonds. The number of benzene rings is 5. The highest BCUT2D eigenvalue weighted by molar-refractivity contribution is 7.86. The van der Waals surface area contributed by atoms with Gasteiger partial charge in [0.25, 0.3) is 26.1 Å². The molecular formula is C46H46N10O8S2. The highest BCUT2D eigenvalue weighted by atomic mass is 32.2. The van der Waals surface area contributed by atoms with Crippen molar-refractivity contribution in [2.75, 3.05) is 22.1 Å². The molecule has 0 saturated carbocycles. The highest BCUT2D eigenvalue weighted by Gasteiger charge is 2.11. The molecule has 0 radical (unpaired) electrons. The van der Waals surface area contributed by atoms with Crippen molar-refractivity contribution in [3.05, 3.63) is 173 Å². The molecule has 66 heavy (non-hydrogen) atoms. The van der Waals surface area contributed by atoms with Crippen LogP contribution in [0.3, 0.4) is 0 Å². The summed E-state index contributed by atoms with van der Waals surface area (Å²) in [6, 6.07) is 33.2. The number of aromatic nitrogens is 4. The number of nitrogens with one attached hydrogen (secondary N) is 4. The monoisotopic (exact) mass is 930 g/mol. The van der Waals surface area contributed by atoms with Gasteiger partial charge in [0.15, 0.2) is 0 Å². The average Bonchev–Trinajstić information content (AvgIpc) is 3.26. The standard InChI is InChI=1S/C32H30N10O2.2C7H8O3S/c1-41-17-25(28(33)39-31(41)35)20-8-12-23(13-9-20)37-27(43)16-5-19-3-6-22(7-4-19)30(44)38-24-14-10-21(11-15-24)26-18-42(2)32(36)40-29(26)34;2*1-6-2-4-7(5-3-6)11(8,9)10/h3-18H,1-2H3,(H,37,43)(H,38,44)(H3,33,35,39)(H3,34,36,40);2*2-5H,1H3,(H,8,9,10)/b16-5+;;. The summed E-state index contributed by atoms with van der Waals surface area (Å²) >= 11 is 0. The third-order valence-corrected chi connectivity index (χ3v) is 11.2. The fraction of sp³-hybridized carbons (Fsp3) is 0.0870. The molecule has 0 bridgehead atoms. The zero-order chi connectivity index (χ0) is 48.3. The summed E-state index contributed by atoms with van der Waals surface area (Å²) in [6.45, 7) is 3.68. The second kappa shape index (κ2) is 21.1. The zero-order valence-corrected chi connectivity index (χ0v) is 37.6. The van der Waals surface area contributed by atoms with Gasteiger partial charge in [-0.25, -0.2) is 0 Å². The normalized spacial score (nSPS) is 11.1. The predicted octanol–water partition coefficient (Wildman–Crippen LogP) is 6.00. The molecule has 0 atom stereocenters. The van der Waals surface area contributed by atoms with Crippen molar-refractivity contribution in [2.45, 2.75) is 23.6 Å². The van der Waals surface area contributed by atoms with Gasteiger partial charge in [0, 0.05) is 60.6 Å². The van der Waals surface area contributed by atoms with Crippen molar-refractivity contribution in [1.29, 1.82) is 10.8 Å². The van der Waals surface area contributed by atoms with Gasteiger partial charge in [-0.1, -0.05) is 71.8 Å². The first-order valence-electron chi connectivity index (χ1n) is 19.5. The predicted molar refractivity (Wildman–Crippen MR) is 252 cm³/mol. The van der Waals surface area contributed by atoms with Gasteiger partial charge in [-0.3, -0.25) is 29.5 Å². The first kappa shape index (κ1) is 49.0. The maximum Gasteiger partial charge on any atom is 0.294 e. The molecule has 7 aromatic rings. The Morgan fingerprint density at radius 3 is 1.35 bits per heavy atom. The third kappa shape index (κ3) is 13.7. The molecule has 0 aliphatic rings.